The van der Waals surface area contributed by atoms with Crippen LogP contribution >= 0.6 is 0 Å². The lowest BCUT2D eigenvalue weighted by atomic mass is 10.0. The SMILES string of the molecule is CCC(C(=O)NC(C)(C)C)N(Cc1ccc(OC)cc1)C(=O)CCCN1C(=O)c2ccccc2C1=O. The molecule has 0 fully saturated rings. The van der Waals surface area contributed by atoms with Gasteiger partial charge >= 0.3 is 0 Å². The number of fused-ring (bicyclic) bond motifs is 1. The number of amides is 4. The van der Waals surface area contributed by atoms with Crippen molar-refractivity contribution < 1.29 is 23.9 Å². The van der Waals surface area contributed by atoms with Crippen LogP contribution in [0.2, 0.25) is 0 Å². The van der Waals surface area contributed by atoms with E-state index in [1.165, 1.54) is 4.90 Å². The maximum absolute atomic E-state index is 13.4. The van der Waals surface area contributed by atoms with Gasteiger partial charge in [0.05, 0.1) is 18.2 Å². The molecule has 1 N–H and O–H groups in total. The van der Waals surface area contributed by atoms with Gasteiger partial charge in [0, 0.05) is 25.0 Å². The summed E-state index contributed by atoms with van der Waals surface area (Å²) >= 11 is 0. The highest BCUT2D eigenvalue weighted by Gasteiger charge is 2.35. The van der Waals surface area contributed by atoms with Gasteiger partial charge in [0.2, 0.25) is 11.8 Å². The Morgan fingerprint density at radius 1 is 1.00 bits per heavy atom. The van der Waals surface area contributed by atoms with Crippen molar-refractivity contribution in [1.29, 1.82) is 0 Å². The number of nitrogens with one attached hydrogen (secondary N) is 1. The van der Waals surface area contributed by atoms with E-state index >= 15 is 0 Å². The molecular weight excluding hydrogens is 458 g/mol. The molecule has 1 unspecified atom stereocenters. The third-order valence-corrected chi connectivity index (χ3v) is 6.05. The number of carbonyl (C=O) groups excluding carboxylic acids is 4. The van der Waals surface area contributed by atoms with Crippen molar-refractivity contribution in [3.05, 3.63) is 65.2 Å². The second kappa shape index (κ2) is 11.4. The van der Waals surface area contributed by atoms with Crippen LogP contribution in [0.25, 0.3) is 0 Å². The zero-order chi connectivity index (χ0) is 26.5. The summed E-state index contributed by atoms with van der Waals surface area (Å²) in [5, 5.41) is 2.98. The van der Waals surface area contributed by atoms with Crippen LogP contribution in [0.5, 0.6) is 5.75 Å². The van der Waals surface area contributed by atoms with Crippen LogP contribution in [-0.4, -0.2) is 58.7 Å². The quantitative estimate of drug-likeness (QED) is 0.508. The molecule has 8 nitrogen and oxygen atoms in total. The first-order valence-corrected chi connectivity index (χ1v) is 12.3. The number of methoxy groups -OCH3 is 1. The third-order valence-electron chi connectivity index (χ3n) is 6.05. The van der Waals surface area contributed by atoms with E-state index < -0.39 is 11.6 Å². The fraction of sp³-hybridized carbons (Fsp3) is 0.429. The number of imide groups is 1. The minimum absolute atomic E-state index is 0.100. The van der Waals surface area contributed by atoms with E-state index in [-0.39, 0.29) is 43.1 Å². The van der Waals surface area contributed by atoms with Gasteiger partial charge in [-0.2, -0.15) is 0 Å². The van der Waals surface area contributed by atoms with Crippen LogP contribution in [0.15, 0.2) is 48.5 Å². The Labute approximate surface area is 212 Å². The third kappa shape index (κ3) is 6.30. The van der Waals surface area contributed by atoms with Crippen LogP contribution in [0.4, 0.5) is 0 Å². The molecule has 0 radical (unpaired) electrons. The Kier molecular flexibility index (Phi) is 8.50. The molecule has 2 aromatic carbocycles. The van der Waals surface area contributed by atoms with E-state index in [0.29, 0.717) is 29.7 Å². The fourth-order valence-corrected chi connectivity index (χ4v) is 4.27. The van der Waals surface area contributed by atoms with Crippen molar-refractivity contribution in [2.75, 3.05) is 13.7 Å². The molecule has 1 atom stereocenters. The lowest BCUT2D eigenvalue weighted by Gasteiger charge is -2.33. The van der Waals surface area contributed by atoms with E-state index in [2.05, 4.69) is 5.32 Å². The summed E-state index contributed by atoms with van der Waals surface area (Å²) in [7, 11) is 1.59. The Hall–Kier alpha value is -3.68. The van der Waals surface area contributed by atoms with Crippen molar-refractivity contribution in [2.24, 2.45) is 0 Å². The number of benzene rings is 2. The van der Waals surface area contributed by atoms with E-state index in [4.69, 9.17) is 4.74 Å². The van der Waals surface area contributed by atoms with Crippen LogP contribution in [-0.2, 0) is 16.1 Å². The van der Waals surface area contributed by atoms with Gasteiger partial charge in [0.1, 0.15) is 11.8 Å². The van der Waals surface area contributed by atoms with Crippen molar-refractivity contribution in [3.8, 4) is 5.75 Å². The van der Waals surface area contributed by atoms with Crippen LogP contribution in [0.1, 0.15) is 73.2 Å². The molecule has 4 amide bonds. The predicted octanol–water partition coefficient (Wildman–Crippen LogP) is 3.79. The van der Waals surface area contributed by atoms with E-state index in [1.807, 2.05) is 52.0 Å². The smallest absolute Gasteiger partial charge is 0.261 e. The van der Waals surface area contributed by atoms with Gasteiger partial charge in [0.15, 0.2) is 0 Å². The number of rotatable bonds is 10. The minimum Gasteiger partial charge on any atom is -0.497 e. The largest absolute Gasteiger partial charge is 0.497 e. The van der Waals surface area contributed by atoms with Crippen molar-refractivity contribution >= 4 is 23.6 Å². The van der Waals surface area contributed by atoms with Gasteiger partial charge < -0.3 is 15.0 Å². The normalized spacial score (nSPS) is 13.9. The highest BCUT2D eigenvalue weighted by molar-refractivity contribution is 6.21. The lowest BCUT2D eigenvalue weighted by molar-refractivity contribution is -0.142. The maximum Gasteiger partial charge on any atom is 0.261 e. The summed E-state index contributed by atoms with van der Waals surface area (Å²) in [5.74, 6) is -0.399. The second-order valence-corrected chi connectivity index (χ2v) is 9.94. The molecule has 192 valence electrons. The van der Waals surface area contributed by atoms with E-state index in [0.717, 1.165) is 5.56 Å². The van der Waals surface area contributed by atoms with Crippen molar-refractivity contribution in [2.45, 2.75) is 65.1 Å². The molecule has 1 aliphatic rings. The molecule has 0 spiro atoms. The first-order chi connectivity index (χ1) is 17.1. The monoisotopic (exact) mass is 493 g/mol. The molecule has 3 rings (SSSR count). The second-order valence-electron chi connectivity index (χ2n) is 9.94. The van der Waals surface area contributed by atoms with Crippen LogP contribution in [0, 0.1) is 0 Å². The molecule has 0 saturated carbocycles. The molecule has 0 aromatic heterocycles. The van der Waals surface area contributed by atoms with Crippen LogP contribution in [0.3, 0.4) is 0 Å². The topological polar surface area (TPSA) is 96.0 Å². The first kappa shape index (κ1) is 26.9. The maximum atomic E-state index is 13.4. The Morgan fingerprint density at radius 2 is 1.58 bits per heavy atom. The molecule has 1 aliphatic heterocycles. The average molecular weight is 494 g/mol. The van der Waals surface area contributed by atoms with Gasteiger partial charge in [-0.1, -0.05) is 31.2 Å². The summed E-state index contributed by atoms with van der Waals surface area (Å²) in [6.07, 6.45) is 0.853. The fourth-order valence-electron chi connectivity index (χ4n) is 4.27. The number of hydrogen-bond donors (Lipinski definition) is 1. The highest BCUT2D eigenvalue weighted by Crippen LogP contribution is 2.23. The number of hydrogen-bond acceptors (Lipinski definition) is 5. The number of carbonyl (C=O) groups is 4. The van der Waals surface area contributed by atoms with E-state index in [9.17, 15) is 19.2 Å². The van der Waals surface area contributed by atoms with Crippen molar-refractivity contribution in [3.63, 3.8) is 0 Å². The molecule has 1 heterocycles. The summed E-state index contributed by atoms with van der Waals surface area (Å²) in [6.45, 7) is 7.96. The zero-order valence-corrected chi connectivity index (χ0v) is 21.7. The Bertz CT molecular complexity index is 1090. The van der Waals surface area contributed by atoms with Gasteiger partial charge in [-0.05, 0) is 63.4 Å². The molecule has 8 heteroatoms. The number of nitrogens with zero attached hydrogens (tertiary/aromatic N) is 2. The van der Waals surface area contributed by atoms with Gasteiger partial charge in [-0.3, -0.25) is 24.1 Å². The Balaban J connectivity index is 1.73. The number of ether oxygens (including phenoxy) is 1. The first-order valence-electron chi connectivity index (χ1n) is 12.3. The van der Waals surface area contributed by atoms with Crippen LogP contribution < -0.4 is 10.1 Å². The highest BCUT2D eigenvalue weighted by atomic mass is 16.5. The summed E-state index contributed by atoms with van der Waals surface area (Å²) in [5.41, 5.74) is 1.20. The summed E-state index contributed by atoms with van der Waals surface area (Å²) in [4.78, 5) is 54.6. The van der Waals surface area contributed by atoms with Gasteiger partial charge in [-0.25, -0.2) is 0 Å². The Morgan fingerprint density at radius 3 is 2.08 bits per heavy atom. The molecular formula is C28H35N3O5. The molecule has 0 saturated heterocycles. The predicted molar refractivity (Wildman–Crippen MR) is 137 cm³/mol. The minimum atomic E-state index is -0.655. The lowest BCUT2D eigenvalue weighted by Crippen LogP contribution is -2.53. The van der Waals surface area contributed by atoms with Crippen molar-refractivity contribution in [1.82, 2.24) is 15.1 Å². The van der Waals surface area contributed by atoms with E-state index in [1.54, 1.807) is 36.3 Å². The standard InChI is InChI=1S/C28H35N3O5/c1-6-23(25(33)29-28(2,3)4)31(18-19-13-15-20(36-5)16-14-19)24(32)12-9-17-30-26(34)21-10-7-8-11-22(21)27(30)35/h7-8,10-11,13-16,23H,6,9,12,17-18H2,1-5H3,(H,29,33). The summed E-state index contributed by atoms with van der Waals surface area (Å²) < 4.78 is 5.22. The molecule has 0 bridgehead atoms. The molecule has 2 aromatic rings. The summed E-state index contributed by atoms with van der Waals surface area (Å²) in [6, 6.07) is 13.4. The van der Waals surface area contributed by atoms with Gasteiger partial charge in [-0.15, -0.1) is 0 Å². The molecule has 36 heavy (non-hydrogen) atoms. The zero-order valence-electron chi connectivity index (χ0n) is 21.7. The average Bonchev–Trinajstić information content (AvgIpc) is 3.08. The van der Waals surface area contributed by atoms with Gasteiger partial charge in [0.25, 0.3) is 11.8 Å². The molecule has 0 aliphatic carbocycles.